The fraction of sp³-hybridized carbons (Fsp3) is 0.391. The van der Waals surface area contributed by atoms with Gasteiger partial charge in [-0.2, -0.15) is 0 Å². The third kappa shape index (κ3) is 4.10. The lowest BCUT2D eigenvalue weighted by molar-refractivity contribution is -0.123. The Morgan fingerprint density at radius 3 is 2.59 bits per heavy atom. The summed E-state index contributed by atoms with van der Waals surface area (Å²) in [5, 5.41) is -0.210. The summed E-state index contributed by atoms with van der Waals surface area (Å²) in [4.78, 5) is 27.3. The lowest BCUT2D eigenvalue weighted by atomic mass is 9.95. The number of halogens is 1. The molecule has 29 heavy (non-hydrogen) atoms. The smallest absolute Gasteiger partial charge is 0.293 e. The molecule has 2 aliphatic rings. The molecular formula is C23H25BrN2O2S. The van der Waals surface area contributed by atoms with Gasteiger partial charge in [-0.1, -0.05) is 53.4 Å². The Balaban J connectivity index is 1.58. The molecule has 152 valence electrons. The van der Waals surface area contributed by atoms with Crippen molar-refractivity contribution in [2.45, 2.75) is 58.5 Å². The molecule has 4 rings (SSSR count). The molecule has 1 aromatic carbocycles. The van der Waals surface area contributed by atoms with Gasteiger partial charge in [0.2, 0.25) is 0 Å². The number of carbonyl (C=O) groups is 2. The van der Waals surface area contributed by atoms with E-state index in [0.717, 1.165) is 27.4 Å². The van der Waals surface area contributed by atoms with Crippen molar-refractivity contribution in [3.8, 4) is 0 Å². The normalized spacial score (nSPS) is 19.6. The van der Waals surface area contributed by atoms with E-state index in [4.69, 9.17) is 0 Å². The fourth-order valence-corrected chi connectivity index (χ4v) is 5.66. The van der Waals surface area contributed by atoms with Gasteiger partial charge in [-0.05, 0) is 67.8 Å². The van der Waals surface area contributed by atoms with E-state index >= 15 is 0 Å². The summed E-state index contributed by atoms with van der Waals surface area (Å²) in [5.74, 6) is -0.210. The van der Waals surface area contributed by atoms with Gasteiger partial charge in [0.1, 0.15) is 0 Å². The summed E-state index contributed by atoms with van der Waals surface area (Å²) in [6, 6.07) is 10.4. The van der Waals surface area contributed by atoms with Gasteiger partial charge in [0.05, 0.1) is 11.4 Å². The first-order valence-corrected chi connectivity index (χ1v) is 11.7. The highest BCUT2D eigenvalue weighted by atomic mass is 79.9. The minimum absolute atomic E-state index is 0.210. The highest BCUT2D eigenvalue weighted by Crippen LogP contribution is 2.37. The third-order valence-electron chi connectivity index (χ3n) is 5.91. The van der Waals surface area contributed by atoms with Crippen molar-refractivity contribution in [1.82, 2.24) is 9.47 Å². The van der Waals surface area contributed by atoms with E-state index in [9.17, 15) is 9.59 Å². The zero-order valence-electron chi connectivity index (χ0n) is 16.8. The molecule has 0 bridgehead atoms. The quantitative estimate of drug-likeness (QED) is 0.470. The first-order chi connectivity index (χ1) is 14.0. The molecule has 0 unspecified atom stereocenters. The van der Waals surface area contributed by atoms with E-state index in [1.165, 1.54) is 48.4 Å². The SMILES string of the molecule is Cc1cc(/C=C2\SC(=O)N(Cc3ccccc3Br)C2=O)c(C)n1C1CCCCC1. The minimum atomic E-state index is -0.210. The Hall–Kier alpha value is -1.79. The molecule has 6 heteroatoms. The summed E-state index contributed by atoms with van der Waals surface area (Å²) in [6.45, 7) is 4.54. The van der Waals surface area contributed by atoms with E-state index in [-0.39, 0.29) is 17.7 Å². The lowest BCUT2D eigenvalue weighted by Gasteiger charge is -2.26. The summed E-state index contributed by atoms with van der Waals surface area (Å²) >= 11 is 4.53. The van der Waals surface area contributed by atoms with Crippen LogP contribution in [0.5, 0.6) is 0 Å². The van der Waals surface area contributed by atoms with Crippen LogP contribution in [0.4, 0.5) is 4.79 Å². The number of imide groups is 1. The second-order valence-electron chi connectivity index (χ2n) is 7.85. The first kappa shape index (κ1) is 20.5. The van der Waals surface area contributed by atoms with Gasteiger partial charge in [0.15, 0.2) is 0 Å². The number of nitrogens with zero attached hydrogens (tertiary/aromatic N) is 2. The van der Waals surface area contributed by atoms with Crippen molar-refractivity contribution in [3.05, 3.63) is 62.2 Å². The van der Waals surface area contributed by atoms with Crippen LogP contribution < -0.4 is 0 Å². The van der Waals surface area contributed by atoms with E-state index in [0.29, 0.717) is 10.9 Å². The molecule has 0 radical (unpaired) electrons. The summed E-state index contributed by atoms with van der Waals surface area (Å²) in [5.41, 5.74) is 4.38. The highest BCUT2D eigenvalue weighted by molar-refractivity contribution is 9.10. The molecule has 2 amide bonds. The van der Waals surface area contributed by atoms with Crippen LogP contribution in [-0.2, 0) is 11.3 Å². The molecule has 1 aliphatic carbocycles. The van der Waals surface area contributed by atoms with Crippen LogP contribution in [0.15, 0.2) is 39.7 Å². The molecule has 0 atom stereocenters. The Morgan fingerprint density at radius 1 is 1.14 bits per heavy atom. The van der Waals surface area contributed by atoms with Gasteiger partial charge in [0, 0.05) is 21.9 Å². The Labute approximate surface area is 184 Å². The number of benzene rings is 1. The minimum Gasteiger partial charge on any atom is -0.346 e. The number of amides is 2. The average Bonchev–Trinajstić information content (AvgIpc) is 3.13. The van der Waals surface area contributed by atoms with Crippen LogP contribution in [0.3, 0.4) is 0 Å². The Kier molecular flexibility index (Phi) is 6.02. The number of rotatable bonds is 4. The maximum absolute atomic E-state index is 12.9. The van der Waals surface area contributed by atoms with Crippen molar-refractivity contribution in [2.75, 3.05) is 0 Å². The van der Waals surface area contributed by atoms with E-state index in [2.05, 4.69) is 40.4 Å². The number of hydrogen-bond donors (Lipinski definition) is 0. The van der Waals surface area contributed by atoms with Crippen molar-refractivity contribution in [2.24, 2.45) is 0 Å². The highest BCUT2D eigenvalue weighted by Gasteiger charge is 2.35. The predicted molar refractivity (Wildman–Crippen MR) is 122 cm³/mol. The van der Waals surface area contributed by atoms with Crippen molar-refractivity contribution in [1.29, 1.82) is 0 Å². The Morgan fingerprint density at radius 2 is 1.86 bits per heavy atom. The third-order valence-corrected chi connectivity index (χ3v) is 7.59. The number of thioether (sulfide) groups is 1. The second-order valence-corrected chi connectivity index (χ2v) is 9.70. The molecule has 4 nitrogen and oxygen atoms in total. The van der Waals surface area contributed by atoms with Gasteiger partial charge in [0.25, 0.3) is 11.1 Å². The molecule has 2 heterocycles. The predicted octanol–water partition coefficient (Wildman–Crippen LogP) is 6.61. The van der Waals surface area contributed by atoms with Crippen LogP contribution in [-0.4, -0.2) is 20.6 Å². The van der Waals surface area contributed by atoms with Crippen LogP contribution in [0.2, 0.25) is 0 Å². The van der Waals surface area contributed by atoms with Crippen LogP contribution in [0.1, 0.15) is 60.7 Å². The van der Waals surface area contributed by atoms with Gasteiger partial charge in [-0.15, -0.1) is 0 Å². The summed E-state index contributed by atoms with van der Waals surface area (Å²) in [6.07, 6.45) is 8.23. The lowest BCUT2D eigenvalue weighted by Crippen LogP contribution is -2.27. The van der Waals surface area contributed by atoms with Gasteiger partial charge < -0.3 is 4.57 Å². The number of hydrogen-bond acceptors (Lipinski definition) is 3. The van der Waals surface area contributed by atoms with E-state index < -0.39 is 0 Å². The zero-order chi connectivity index (χ0) is 20.5. The first-order valence-electron chi connectivity index (χ1n) is 10.1. The van der Waals surface area contributed by atoms with Gasteiger partial charge >= 0.3 is 0 Å². The van der Waals surface area contributed by atoms with Crippen LogP contribution in [0, 0.1) is 13.8 Å². The zero-order valence-corrected chi connectivity index (χ0v) is 19.2. The number of carbonyl (C=O) groups excluding carboxylic acids is 2. The summed E-state index contributed by atoms with van der Waals surface area (Å²) in [7, 11) is 0. The molecule has 2 aromatic rings. The Bertz CT molecular complexity index is 989. The standard InChI is InChI=1S/C23H25BrN2O2S/c1-15-12-18(16(2)26(15)19-9-4-3-5-10-19)13-21-22(27)25(23(28)29-21)14-17-8-6-7-11-20(17)24/h6-8,11-13,19H,3-5,9-10,14H2,1-2H3/b21-13-. The monoisotopic (exact) mass is 472 g/mol. The molecule has 1 saturated heterocycles. The second kappa shape index (κ2) is 8.52. The molecule has 1 saturated carbocycles. The van der Waals surface area contributed by atoms with E-state index in [1.807, 2.05) is 30.3 Å². The van der Waals surface area contributed by atoms with Crippen LogP contribution in [0.25, 0.3) is 6.08 Å². The number of aromatic nitrogens is 1. The molecule has 1 aliphatic heterocycles. The molecule has 0 spiro atoms. The van der Waals surface area contributed by atoms with Crippen molar-refractivity contribution in [3.63, 3.8) is 0 Å². The van der Waals surface area contributed by atoms with Crippen molar-refractivity contribution < 1.29 is 9.59 Å². The van der Waals surface area contributed by atoms with Gasteiger partial charge in [-0.3, -0.25) is 14.5 Å². The fourth-order valence-electron chi connectivity index (χ4n) is 4.42. The van der Waals surface area contributed by atoms with Gasteiger partial charge in [-0.25, -0.2) is 0 Å². The average molecular weight is 473 g/mol. The van der Waals surface area contributed by atoms with Crippen LogP contribution >= 0.6 is 27.7 Å². The topological polar surface area (TPSA) is 42.3 Å². The summed E-state index contributed by atoms with van der Waals surface area (Å²) < 4.78 is 3.33. The number of aryl methyl sites for hydroxylation is 1. The van der Waals surface area contributed by atoms with E-state index in [1.54, 1.807) is 0 Å². The molecule has 2 fully saturated rings. The van der Waals surface area contributed by atoms with Crippen molar-refractivity contribution >= 4 is 44.9 Å². The molecule has 1 aromatic heterocycles. The maximum Gasteiger partial charge on any atom is 0.293 e. The molecule has 0 N–H and O–H groups in total. The molecular weight excluding hydrogens is 448 g/mol. The largest absolute Gasteiger partial charge is 0.346 e. The maximum atomic E-state index is 12.9.